The van der Waals surface area contributed by atoms with Crippen molar-refractivity contribution in [2.75, 3.05) is 20.2 Å². The van der Waals surface area contributed by atoms with Crippen molar-refractivity contribution >= 4 is 11.8 Å². The largest absolute Gasteiger partial charge is 0.496 e. The van der Waals surface area contributed by atoms with Crippen LogP contribution in [0.2, 0.25) is 0 Å². The number of likely N-dealkylation sites (tertiary alicyclic amines) is 1. The maximum atomic E-state index is 13.0. The third-order valence-corrected chi connectivity index (χ3v) is 4.72. The van der Waals surface area contributed by atoms with Crippen molar-refractivity contribution < 1.29 is 14.3 Å². The molecule has 0 bridgehead atoms. The number of piperidine rings is 1. The molecule has 0 radical (unpaired) electrons. The molecule has 0 unspecified atom stereocenters. The Bertz CT molecular complexity index is 766. The molecule has 1 aliphatic rings. The van der Waals surface area contributed by atoms with Gasteiger partial charge in [0.25, 0.3) is 5.91 Å². The predicted molar refractivity (Wildman–Crippen MR) is 96.3 cm³/mol. The number of carbonyl (C=O) groups is 2. The van der Waals surface area contributed by atoms with E-state index >= 15 is 0 Å². The lowest BCUT2D eigenvalue weighted by atomic mass is 9.95. The summed E-state index contributed by atoms with van der Waals surface area (Å²) in [5, 5.41) is 0. The topological polar surface area (TPSA) is 72.6 Å². The number of nitrogens with zero attached hydrogens (tertiary/aromatic N) is 1. The lowest BCUT2D eigenvalue weighted by Gasteiger charge is -2.31. The monoisotopic (exact) mass is 338 g/mol. The molecule has 2 N–H and O–H groups in total. The summed E-state index contributed by atoms with van der Waals surface area (Å²) in [6.07, 6.45) is 1.23. The van der Waals surface area contributed by atoms with Crippen LogP contribution >= 0.6 is 0 Å². The zero-order valence-electron chi connectivity index (χ0n) is 14.3. The first kappa shape index (κ1) is 17.0. The number of hydrogen-bond acceptors (Lipinski definition) is 3. The van der Waals surface area contributed by atoms with Crippen molar-refractivity contribution in [3.63, 3.8) is 0 Å². The van der Waals surface area contributed by atoms with Crippen LogP contribution in [0.25, 0.3) is 11.1 Å². The summed E-state index contributed by atoms with van der Waals surface area (Å²) in [5.41, 5.74) is 7.93. The van der Waals surface area contributed by atoms with Gasteiger partial charge in [0.15, 0.2) is 0 Å². The summed E-state index contributed by atoms with van der Waals surface area (Å²) in [5.74, 6) is 0.0663. The van der Waals surface area contributed by atoms with Gasteiger partial charge >= 0.3 is 0 Å². The second kappa shape index (κ2) is 7.38. The van der Waals surface area contributed by atoms with Gasteiger partial charge in [-0.1, -0.05) is 36.4 Å². The maximum Gasteiger partial charge on any atom is 0.257 e. The molecule has 1 heterocycles. The number of hydrogen-bond donors (Lipinski definition) is 1. The van der Waals surface area contributed by atoms with Gasteiger partial charge in [-0.25, -0.2) is 0 Å². The van der Waals surface area contributed by atoms with Crippen molar-refractivity contribution in [2.24, 2.45) is 11.7 Å². The number of carbonyl (C=O) groups excluding carboxylic acids is 2. The van der Waals surface area contributed by atoms with Crippen LogP contribution in [0, 0.1) is 5.92 Å². The van der Waals surface area contributed by atoms with E-state index in [1.165, 1.54) is 0 Å². The lowest BCUT2D eigenvalue weighted by Crippen LogP contribution is -2.41. The van der Waals surface area contributed by atoms with Gasteiger partial charge in [-0.2, -0.15) is 0 Å². The van der Waals surface area contributed by atoms with Crippen LogP contribution < -0.4 is 10.5 Å². The molecule has 1 aliphatic heterocycles. The molecule has 0 saturated carbocycles. The standard InChI is InChI=1S/C20H22N2O3/c1-25-18-8-7-16(14-5-3-2-4-6-14)13-17(18)20(24)22-11-9-15(10-12-22)19(21)23/h2-8,13,15H,9-12H2,1H3,(H2,21,23). The van der Waals surface area contributed by atoms with Crippen molar-refractivity contribution in [1.29, 1.82) is 0 Å². The SMILES string of the molecule is COc1ccc(-c2ccccc2)cc1C(=O)N1CCC(C(N)=O)CC1. The van der Waals surface area contributed by atoms with E-state index in [1.54, 1.807) is 12.0 Å². The highest BCUT2D eigenvalue weighted by atomic mass is 16.5. The molecule has 2 aromatic rings. The van der Waals surface area contributed by atoms with Gasteiger partial charge in [0.05, 0.1) is 12.7 Å². The Kier molecular flexibility index (Phi) is 5.03. The minimum absolute atomic E-state index is 0.0717. The Morgan fingerprint density at radius 3 is 2.32 bits per heavy atom. The fourth-order valence-corrected chi connectivity index (χ4v) is 3.22. The van der Waals surface area contributed by atoms with E-state index < -0.39 is 0 Å². The average Bonchev–Trinajstić information content (AvgIpc) is 2.67. The van der Waals surface area contributed by atoms with E-state index in [4.69, 9.17) is 10.5 Å². The third kappa shape index (κ3) is 3.65. The molecule has 0 aromatic heterocycles. The molecule has 2 aromatic carbocycles. The van der Waals surface area contributed by atoms with Gasteiger partial charge in [-0.3, -0.25) is 9.59 Å². The summed E-state index contributed by atoms with van der Waals surface area (Å²) in [6, 6.07) is 15.6. The Hall–Kier alpha value is -2.82. The van der Waals surface area contributed by atoms with Crippen LogP contribution in [0.4, 0.5) is 0 Å². The zero-order valence-corrected chi connectivity index (χ0v) is 14.3. The number of benzene rings is 2. The van der Waals surface area contributed by atoms with E-state index in [2.05, 4.69) is 0 Å². The molecule has 5 heteroatoms. The van der Waals surface area contributed by atoms with Crippen LogP contribution in [0.3, 0.4) is 0 Å². The number of primary amides is 1. The molecule has 5 nitrogen and oxygen atoms in total. The highest BCUT2D eigenvalue weighted by Crippen LogP contribution is 2.29. The molecule has 2 amide bonds. The molecule has 0 atom stereocenters. The molecular weight excluding hydrogens is 316 g/mol. The fraction of sp³-hybridized carbons (Fsp3) is 0.300. The van der Waals surface area contributed by atoms with Gasteiger partial charge in [0.1, 0.15) is 5.75 Å². The minimum Gasteiger partial charge on any atom is -0.496 e. The van der Waals surface area contributed by atoms with Gasteiger partial charge in [-0.15, -0.1) is 0 Å². The average molecular weight is 338 g/mol. The van der Waals surface area contributed by atoms with E-state index in [0.29, 0.717) is 37.2 Å². The Balaban J connectivity index is 1.85. The predicted octanol–water partition coefficient (Wildman–Crippen LogP) is 2.70. The van der Waals surface area contributed by atoms with E-state index in [0.717, 1.165) is 11.1 Å². The number of rotatable bonds is 4. The first-order chi connectivity index (χ1) is 12.1. The van der Waals surface area contributed by atoms with Crippen molar-refractivity contribution in [3.05, 3.63) is 54.1 Å². The van der Waals surface area contributed by atoms with Crippen LogP contribution in [0.15, 0.2) is 48.5 Å². The summed E-state index contributed by atoms with van der Waals surface area (Å²) >= 11 is 0. The quantitative estimate of drug-likeness (QED) is 0.931. The van der Waals surface area contributed by atoms with Crippen molar-refractivity contribution in [1.82, 2.24) is 4.90 Å². The van der Waals surface area contributed by atoms with Crippen molar-refractivity contribution in [2.45, 2.75) is 12.8 Å². The molecule has 3 rings (SSSR count). The Labute approximate surface area is 147 Å². The summed E-state index contributed by atoms with van der Waals surface area (Å²) in [4.78, 5) is 26.0. The van der Waals surface area contributed by atoms with Gasteiger partial charge in [0, 0.05) is 19.0 Å². The number of nitrogens with two attached hydrogens (primary N) is 1. The van der Waals surface area contributed by atoms with E-state index in [1.807, 2.05) is 48.5 Å². The van der Waals surface area contributed by atoms with Gasteiger partial charge < -0.3 is 15.4 Å². The summed E-state index contributed by atoms with van der Waals surface area (Å²) < 4.78 is 5.39. The fourth-order valence-electron chi connectivity index (χ4n) is 3.22. The van der Waals surface area contributed by atoms with Crippen LogP contribution in [0.5, 0.6) is 5.75 Å². The normalized spacial score (nSPS) is 15.0. The molecule has 1 fully saturated rings. The second-order valence-electron chi connectivity index (χ2n) is 6.25. The highest BCUT2D eigenvalue weighted by Gasteiger charge is 2.28. The van der Waals surface area contributed by atoms with Gasteiger partial charge in [-0.05, 0) is 36.1 Å². The summed E-state index contributed by atoms with van der Waals surface area (Å²) in [6.45, 7) is 1.07. The smallest absolute Gasteiger partial charge is 0.257 e. The van der Waals surface area contributed by atoms with Gasteiger partial charge in [0.2, 0.25) is 5.91 Å². The number of amides is 2. The van der Waals surface area contributed by atoms with E-state index in [-0.39, 0.29) is 17.7 Å². The highest BCUT2D eigenvalue weighted by molar-refractivity contribution is 5.98. The first-order valence-corrected chi connectivity index (χ1v) is 8.42. The lowest BCUT2D eigenvalue weighted by molar-refractivity contribution is -0.123. The third-order valence-electron chi connectivity index (χ3n) is 4.72. The molecule has 1 saturated heterocycles. The Morgan fingerprint density at radius 1 is 1.04 bits per heavy atom. The second-order valence-corrected chi connectivity index (χ2v) is 6.25. The van der Waals surface area contributed by atoms with Crippen LogP contribution in [-0.2, 0) is 4.79 Å². The van der Waals surface area contributed by atoms with Crippen LogP contribution in [0.1, 0.15) is 23.2 Å². The number of ether oxygens (including phenoxy) is 1. The van der Waals surface area contributed by atoms with Crippen molar-refractivity contribution in [3.8, 4) is 16.9 Å². The first-order valence-electron chi connectivity index (χ1n) is 8.42. The van der Waals surface area contributed by atoms with E-state index in [9.17, 15) is 9.59 Å². The molecule has 25 heavy (non-hydrogen) atoms. The molecular formula is C20H22N2O3. The van der Waals surface area contributed by atoms with Crippen LogP contribution in [-0.4, -0.2) is 36.9 Å². The molecule has 0 aliphatic carbocycles. The maximum absolute atomic E-state index is 13.0. The number of methoxy groups -OCH3 is 1. The molecule has 0 spiro atoms. The summed E-state index contributed by atoms with van der Waals surface area (Å²) in [7, 11) is 1.56. The zero-order chi connectivity index (χ0) is 17.8. The molecule has 130 valence electrons. The Morgan fingerprint density at radius 2 is 1.72 bits per heavy atom. The minimum atomic E-state index is -0.282.